The first-order chi connectivity index (χ1) is 31.1. The van der Waals surface area contributed by atoms with E-state index in [4.69, 9.17) is 28.5 Å². The number of hydrogen-bond acceptors (Lipinski definition) is 14. The summed E-state index contributed by atoms with van der Waals surface area (Å²) in [7, 11) is 2.90. The van der Waals surface area contributed by atoms with E-state index in [-0.39, 0.29) is 82.5 Å². The van der Waals surface area contributed by atoms with Gasteiger partial charge in [-0.1, -0.05) is 77.1 Å². The lowest BCUT2D eigenvalue weighted by molar-refractivity contribution is -0.195. The van der Waals surface area contributed by atoms with Crippen LogP contribution in [0.3, 0.4) is 0 Å². The highest BCUT2D eigenvalue weighted by atomic mass is 16.7. The van der Waals surface area contributed by atoms with Crippen molar-refractivity contribution in [2.24, 2.45) is 10.6 Å². The van der Waals surface area contributed by atoms with E-state index in [1.54, 1.807) is 46.8 Å². The molecule has 4 amide bonds. The number of nitrogens with one attached hydrogen (secondary N) is 2. The molecule has 1 heterocycles. The van der Waals surface area contributed by atoms with Crippen molar-refractivity contribution in [2.75, 3.05) is 60.2 Å². The quantitative estimate of drug-likeness (QED) is 0.0414. The fourth-order valence-corrected chi connectivity index (χ4v) is 6.91. The highest BCUT2D eigenvalue weighted by Gasteiger charge is 2.45. The number of hydrogen-bond donors (Lipinski definition) is 5. The van der Waals surface area contributed by atoms with Gasteiger partial charge in [-0.15, -0.1) is 5.16 Å². The number of likely N-dealkylation sites (N-methyl/N-ethyl adjacent to an activating group) is 2. The Hall–Kier alpha value is -6.09. The highest BCUT2D eigenvalue weighted by Crippen LogP contribution is 2.32. The molecule has 364 valence electrons. The van der Waals surface area contributed by atoms with Crippen LogP contribution in [-0.2, 0) is 55.0 Å². The van der Waals surface area contributed by atoms with E-state index in [9.17, 15) is 44.1 Å². The molecule has 5 atom stereocenters. The van der Waals surface area contributed by atoms with Gasteiger partial charge in [0.25, 0.3) is 5.91 Å². The van der Waals surface area contributed by atoms with Gasteiger partial charge in [-0.3, -0.25) is 19.3 Å². The van der Waals surface area contributed by atoms with Crippen LogP contribution in [0.25, 0.3) is 0 Å². The first-order valence-corrected chi connectivity index (χ1v) is 21.4. The van der Waals surface area contributed by atoms with E-state index in [0.717, 1.165) is 4.90 Å². The molecule has 0 radical (unpaired) electrons. The first kappa shape index (κ1) is 54.2. The maximum atomic E-state index is 14.6. The minimum absolute atomic E-state index is 0.00327. The molecule has 0 saturated carbocycles. The largest absolute Gasteiger partial charge is 0.479 e. The summed E-state index contributed by atoms with van der Waals surface area (Å²) in [6, 6.07) is 11.1. The van der Waals surface area contributed by atoms with Gasteiger partial charge in [0.05, 0.1) is 38.1 Å². The zero-order valence-electron chi connectivity index (χ0n) is 38.9. The Morgan fingerprint density at radius 1 is 0.939 bits per heavy atom. The van der Waals surface area contributed by atoms with E-state index in [2.05, 4.69) is 22.5 Å². The average Bonchev–Trinajstić information content (AvgIpc) is 3.26. The maximum Gasteiger partial charge on any atom is 0.410 e. The molecular formula is C46H65N5O15. The van der Waals surface area contributed by atoms with Gasteiger partial charge >= 0.3 is 18.0 Å². The SMILES string of the molecule is C=NOCCOCCOCCNC(=O)c1cc(COC(=O)N(C)C(C(=O)NC(C(=O)N(C)C/C=C(\C)C(=O)O)C(C)(C)C)C(C)(C)c2ccccc2)ccc1OC1CC(O)CC(C(=O)O)O1. The zero-order valence-corrected chi connectivity index (χ0v) is 38.9. The van der Waals surface area contributed by atoms with Crippen LogP contribution in [0.5, 0.6) is 5.75 Å². The van der Waals surface area contributed by atoms with E-state index in [1.165, 1.54) is 50.2 Å². The molecule has 5 unspecified atom stereocenters. The van der Waals surface area contributed by atoms with Gasteiger partial charge in [0.1, 0.15) is 31.0 Å². The van der Waals surface area contributed by atoms with Crippen molar-refractivity contribution in [3.05, 3.63) is 76.9 Å². The predicted molar refractivity (Wildman–Crippen MR) is 240 cm³/mol. The number of aliphatic hydroxyl groups is 1. The van der Waals surface area contributed by atoms with Crippen molar-refractivity contribution in [3.63, 3.8) is 0 Å². The normalized spacial score (nSPS) is 17.3. The van der Waals surface area contributed by atoms with Gasteiger partial charge < -0.3 is 59.4 Å². The minimum atomic E-state index is -1.34. The summed E-state index contributed by atoms with van der Waals surface area (Å²) in [4.78, 5) is 86.3. The van der Waals surface area contributed by atoms with Gasteiger partial charge in [0, 0.05) is 57.7 Å². The molecule has 0 spiro atoms. The molecular weight excluding hydrogens is 863 g/mol. The van der Waals surface area contributed by atoms with Gasteiger partial charge in [-0.25, -0.2) is 14.4 Å². The first-order valence-electron chi connectivity index (χ1n) is 21.4. The third-order valence-electron chi connectivity index (χ3n) is 10.7. The number of carbonyl (C=O) groups excluding carboxylic acids is 4. The minimum Gasteiger partial charge on any atom is -0.479 e. The van der Waals surface area contributed by atoms with Crippen LogP contribution >= 0.6 is 0 Å². The van der Waals surface area contributed by atoms with Crippen LogP contribution in [0.15, 0.2) is 65.3 Å². The lowest BCUT2D eigenvalue weighted by Crippen LogP contribution is -2.62. The van der Waals surface area contributed by atoms with Gasteiger partial charge in [0.2, 0.25) is 18.1 Å². The molecule has 2 aromatic carbocycles. The van der Waals surface area contributed by atoms with Crippen molar-refractivity contribution in [2.45, 2.75) is 97.0 Å². The van der Waals surface area contributed by atoms with E-state index in [0.29, 0.717) is 11.1 Å². The number of rotatable bonds is 25. The second-order valence-electron chi connectivity index (χ2n) is 17.3. The Morgan fingerprint density at radius 2 is 1.59 bits per heavy atom. The second kappa shape index (κ2) is 25.6. The number of amides is 4. The number of carboxylic acid groups (broad SMARTS) is 2. The van der Waals surface area contributed by atoms with E-state index < -0.39 is 77.2 Å². The number of oxime groups is 1. The standard InChI is InChI=1S/C46H65N5O15/c1-29(42(56)57)17-19-50(8)41(55)37(45(2,3)4)49-40(54)38(46(5,6)31-13-11-10-12-14-31)51(9)44(60)63-28-30-15-16-34(65-36-27-32(52)26-35(66-36)43(58)59)33(25-30)39(53)48-18-20-61-21-22-62-23-24-64-47-7/h10-17,25,32,35-38,52H,7,18-24,26-28H2,1-6,8-9H3,(H,48,53)(H,49,54)(H,56,57)(H,58,59)/b29-17+. The van der Waals surface area contributed by atoms with Crippen molar-refractivity contribution >= 4 is 42.5 Å². The Balaban J connectivity index is 1.87. The Bertz CT molecular complexity index is 2000. The zero-order chi connectivity index (χ0) is 49.2. The monoisotopic (exact) mass is 927 g/mol. The summed E-state index contributed by atoms with van der Waals surface area (Å²) < 4.78 is 28.1. The summed E-state index contributed by atoms with van der Waals surface area (Å²) >= 11 is 0. The number of carbonyl (C=O) groups is 6. The molecule has 1 fully saturated rings. The molecule has 0 aliphatic carbocycles. The van der Waals surface area contributed by atoms with Gasteiger partial charge in [0.15, 0.2) is 6.10 Å². The Kier molecular flexibility index (Phi) is 21.0. The van der Waals surface area contributed by atoms with Crippen LogP contribution in [0.1, 0.15) is 75.9 Å². The summed E-state index contributed by atoms with van der Waals surface area (Å²) in [6.45, 7) is 14.3. The van der Waals surface area contributed by atoms with Crippen LogP contribution in [0.2, 0.25) is 0 Å². The summed E-state index contributed by atoms with van der Waals surface area (Å²) in [5.41, 5.74) is -0.820. The Labute approximate surface area is 385 Å². The third-order valence-corrected chi connectivity index (χ3v) is 10.7. The van der Waals surface area contributed by atoms with Gasteiger partial charge in [-0.2, -0.15) is 0 Å². The molecule has 5 N–H and O–H groups in total. The molecule has 2 aromatic rings. The fraction of sp³-hybridized carbons (Fsp3) is 0.543. The molecule has 0 aromatic heterocycles. The van der Waals surface area contributed by atoms with Crippen LogP contribution in [0.4, 0.5) is 4.79 Å². The topological polar surface area (TPSA) is 261 Å². The molecule has 20 nitrogen and oxygen atoms in total. The lowest BCUT2D eigenvalue weighted by Gasteiger charge is -2.41. The molecule has 0 bridgehead atoms. The smallest absolute Gasteiger partial charge is 0.410 e. The van der Waals surface area contributed by atoms with Crippen molar-refractivity contribution in [3.8, 4) is 5.75 Å². The summed E-state index contributed by atoms with van der Waals surface area (Å²) in [5, 5.41) is 38.1. The lowest BCUT2D eigenvalue weighted by atomic mass is 9.76. The van der Waals surface area contributed by atoms with Crippen molar-refractivity contribution < 1.29 is 72.6 Å². The molecule has 3 rings (SSSR count). The van der Waals surface area contributed by atoms with Crippen molar-refractivity contribution in [1.29, 1.82) is 0 Å². The number of aliphatic carboxylic acids is 2. The average molecular weight is 928 g/mol. The third kappa shape index (κ3) is 16.4. The highest BCUT2D eigenvalue weighted by molar-refractivity contribution is 5.97. The van der Waals surface area contributed by atoms with Gasteiger partial charge in [-0.05, 0) is 35.6 Å². The predicted octanol–water partition coefficient (Wildman–Crippen LogP) is 3.35. The Morgan fingerprint density at radius 3 is 2.21 bits per heavy atom. The number of carboxylic acids is 2. The van der Waals surface area contributed by atoms with Crippen molar-refractivity contribution in [1.82, 2.24) is 20.4 Å². The second-order valence-corrected chi connectivity index (χ2v) is 17.3. The number of aliphatic hydroxyl groups excluding tert-OH is 1. The van der Waals surface area contributed by atoms with E-state index in [1.807, 2.05) is 18.2 Å². The molecule has 20 heteroatoms. The summed E-state index contributed by atoms with van der Waals surface area (Å²) in [6.07, 6.45) is -3.31. The molecule has 1 aliphatic rings. The van der Waals surface area contributed by atoms with Crippen LogP contribution in [0, 0.1) is 5.41 Å². The van der Waals surface area contributed by atoms with Crippen LogP contribution in [-0.4, -0.2) is 158 Å². The number of ether oxygens (including phenoxy) is 5. The molecule has 1 aliphatic heterocycles. The molecule has 66 heavy (non-hydrogen) atoms. The fourth-order valence-electron chi connectivity index (χ4n) is 6.91. The number of benzene rings is 2. The summed E-state index contributed by atoms with van der Waals surface area (Å²) in [5.74, 6) is -4.16. The van der Waals surface area contributed by atoms with Crippen LogP contribution < -0.4 is 15.4 Å². The maximum absolute atomic E-state index is 14.6. The molecule has 1 saturated heterocycles. The van der Waals surface area contributed by atoms with E-state index >= 15 is 0 Å². The number of nitrogens with zero attached hydrogens (tertiary/aromatic N) is 3.